The first kappa shape index (κ1) is 15.4. The van der Waals surface area contributed by atoms with Crippen molar-refractivity contribution in [1.29, 1.82) is 0 Å². The molecule has 20 heavy (non-hydrogen) atoms. The molecule has 2 atom stereocenters. The number of carbonyl (C=O) groups is 1. The Hall–Kier alpha value is -0.970. The van der Waals surface area contributed by atoms with Crippen LogP contribution in [-0.2, 0) is 9.53 Å². The minimum atomic E-state index is -0.104. The summed E-state index contributed by atoms with van der Waals surface area (Å²) in [5.74, 6) is 0.942. The number of amides is 1. The number of ether oxygens (including phenoxy) is 2. The summed E-state index contributed by atoms with van der Waals surface area (Å²) in [6.07, 6.45) is -0.104. The van der Waals surface area contributed by atoms with Crippen molar-refractivity contribution in [2.45, 2.75) is 19.1 Å². The highest BCUT2D eigenvalue weighted by atomic mass is 35.5. The predicted molar refractivity (Wildman–Crippen MR) is 78.6 cm³/mol. The molecule has 1 saturated heterocycles. The standard InChI is InChI=1S/C14H17Cl2NO3/c1-10-8-19-13(6-15)7-17(10)14(18)9-20-12-4-2-11(16)3-5-12/h2-5,10,13H,6-9H2,1H3. The lowest BCUT2D eigenvalue weighted by atomic mass is 10.2. The molecule has 0 radical (unpaired) electrons. The van der Waals surface area contributed by atoms with Gasteiger partial charge in [-0.25, -0.2) is 0 Å². The normalized spacial score (nSPS) is 22.6. The summed E-state index contributed by atoms with van der Waals surface area (Å²) in [5, 5.41) is 0.635. The van der Waals surface area contributed by atoms with Gasteiger partial charge in [-0.05, 0) is 31.2 Å². The highest BCUT2D eigenvalue weighted by Gasteiger charge is 2.29. The van der Waals surface area contributed by atoms with Crippen LogP contribution < -0.4 is 4.74 Å². The third-order valence-corrected chi connectivity index (χ3v) is 3.77. The average molecular weight is 318 g/mol. The van der Waals surface area contributed by atoms with E-state index < -0.39 is 0 Å². The zero-order chi connectivity index (χ0) is 14.5. The van der Waals surface area contributed by atoms with E-state index in [0.717, 1.165) is 0 Å². The Morgan fingerprint density at radius 1 is 1.45 bits per heavy atom. The first-order chi connectivity index (χ1) is 9.60. The quantitative estimate of drug-likeness (QED) is 0.801. The van der Waals surface area contributed by atoms with Gasteiger partial charge >= 0.3 is 0 Å². The Kier molecular flexibility index (Phi) is 5.52. The van der Waals surface area contributed by atoms with Gasteiger partial charge in [-0.2, -0.15) is 0 Å². The van der Waals surface area contributed by atoms with Crippen molar-refractivity contribution < 1.29 is 14.3 Å². The maximum absolute atomic E-state index is 12.2. The summed E-state index contributed by atoms with van der Waals surface area (Å²) >= 11 is 11.6. The molecule has 1 amide bonds. The second kappa shape index (κ2) is 7.16. The lowest BCUT2D eigenvalue weighted by molar-refractivity contribution is -0.145. The summed E-state index contributed by atoms with van der Waals surface area (Å²) in [7, 11) is 0. The van der Waals surface area contributed by atoms with Crippen LogP contribution in [0.2, 0.25) is 5.02 Å². The summed E-state index contributed by atoms with van der Waals surface area (Å²) in [6, 6.07) is 6.96. The zero-order valence-corrected chi connectivity index (χ0v) is 12.7. The van der Waals surface area contributed by atoms with Gasteiger partial charge in [0.2, 0.25) is 0 Å². The fourth-order valence-electron chi connectivity index (χ4n) is 2.02. The molecule has 0 aliphatic carbocycles. The molecule has 0 N–H and O–H groups in total. The smallest absolute Gasteiger partial charge is 0.260 e. The molecular formula is C14H17Cl2NO3. The Morgan fingerprint density at radius 2 is 2.15 bits per heavy atom. The zero-order valence-electron chi connectivity index (χ0n) is 11.2. The number of rotatable bonds is 4. The molecule has 1 aromatic rings. The molecule has 1 fully saturated rings. The Balaban J connectivity index is 1.88. The van der Waals surface area contributed by atoms with E-state index in [0.29, 0.717) is 29.8 Å². The molecule has 0 aromatic heterocycles. The second-order valence-corrected chi connectivity index (χ2v) is 5.49. The number of nitrogens with zero attached hydrogens (tertiary/aromatic N) is 1. The monoisotopic (exact) mass is 317 g/mol. The van der Waals surface area contributed by atoms with E-state index in [4.69, 9.17) is 32.7 Å². The number of alkyl halides is 1. The second-order valence-electron chi connectivity index (χ2n) is 4.75. The molecule has 0 bridgehead atoms. The van der Waals surface area contributed by atoms with E-state index in [1.54, 1.807) is 29.2 Å². The van der Waals surface area contributed by atoms with Crippen molar-refractivity contribution in [3.8, 4) is 5.75 Å². The Morgan fingerprint density at radius 3 is 2.80 bits per heavy atom. The van der Waals surface area contributed by atoms with E-state index in [1.807, 2.05) is 6.92 Å². The topological polar surface area (TPSA) is 38.8 Å². The van der Waals surface area contributed by atoms with Crippen LogP contribution in [0, 0.1) is 0 Å². The fraction of sp³-hybridized carbons (Fsp3) is 0.500. The van der Waals surface area contributed by atoms with E-state index in [2.05, 4.69) is 0 Å². The van der Waals surface area contributed by atoms with Crippen molar-refractivity contribution in [2.75, 3.05) is 25.6 Å². The van der Waals surface area contributed by atoms with Gasteiger partial charge in [-0.3, -0.25) is 4.79 Å². The van der Waals surface area contributed by atoms with Crippen molar-refractivity contribution in [2.24, 2.45) is 0 Å². The molecule has 6 heteroatoms. The van der Waals surface area contributed by atoms with Gasteiger partial charge < -0.3 is 14.4 Å². The first-order valence-electron chi connectivity index (χ1n) is 6.45. The van der Waals surface area contributed by atoms with E-state index >= 15 is 0 Å². The summed E-state index contributed by atoms with van der Waals surface area (Å²) in [6.45, 7) is 2.96. The van der Waals surface area contributed by atoms with Gasteiger partial charge in [0, 0.05) is 11.6 Å². The third kappa shape index (κ3) is 4.01. The van der Waals surface area contributed by atoms with Gasteiger partial charge in [-0.15, -0.1) is 11.6 Å². The lowest BCUT2D eigenvalue weighted by Crippen LogP contribution is -2.52. The van der Waals surface area contributed by atoms with E-state index in [-0.39, 0.29) is 24.7 Å². The van der Waals surface area contributed by atoms with Crippen LogP contribution in [0.4, 0.5) is 0 Å². The molecule has 0 saturated carbocycles. The summed E-state index contributed by atoms with van der Waals surface area (Å²) in [4.78, 5) is 13.9. The number of halogens is 2. The highest BCUT2D eigenvalue weighted by molar-refractivity contribution is 6.30. The Labute approximate surface area is 128 Å². The van der Waals surface area contributed by atoms with Crippen LogP contribution in [0.3, 0.4) is 0 Å². The molecule has 4 nitrogen and oxygen atoms in total. The highest BCUT2D eigenvalue weighted by Crippen LogP contribution is 2.17. The molecular weight excluding hydrogens is 301 g/mol. The average Bonchev–Trinajstić information content (AvgIpc) is 2.47. The van der Waals surface area contributed by atoms with Gasteiger partial charge in [0.1, 0.15) is 5.75 Å². The molecule has 2 unspecified atom stereocenters. The molecule has 1 aromatic carbocycles. The molecule has 1 heterocycles. The van der Waals surface area contributed by atoms with Crippen LogP contribution in [0.5, 0.6) is 5.75 Å². The van der Waals surface area contributed by atoms with Gasteiger partial charge in [0.25, 0.3) is 5.91 Å². The number of morpholine rings is 1. The molecule has 1 aliphatic rings. The minimum Gasteiger partial charge on any atom is -0.484 e. The number of carbonyl (C=O) groups excluding carboxylic acids is 1. The number of hydrogen-bond acceptors (Lipinski definition) is 3. The van der Waals surface area contributed by atoms with Crippen LogP contribution in [-0.4, -0.2) is 48.6 Å². The Bertz CT molecular complexity index is 452. The van der Waals surface area contributed by atoms with Crippen LogP contribution >= 0.6 is 23.2 Å². The third-order valence-electron chi connectivity index (χ3n) is 3.17. The van der Waals surface area contributed by atoms with Crippen molar-refractivity contribution in [3.63, 3.8) is 0 Å². The summed E-state index contributed by atoms with van der Waals surface area (Å²) < 4.78 is 11.0. The number of benzene rings is 1. The molecule has 2 rings (SSSR count). The summed E-state index contributed by atoms with van der Waals surface area (Å²) in [5.41, 5.74) is 0. The maximum atomic E-state index is 12.2. The van der Waals surface area contributed by atoms with Crippen LogP contribution in [0.25, 0.3) is 0 Å². The molecule has 0 spiro atoms. The lowest BCUT2D eigenvalue weighted by Gasteiger charge is -2.37. The first-order valence-corrected chi connectivity index (χ1v) is 7.37. The van der Waals surface area contributed by atoms with Crippen molar-refractivity contribution in [3.05, 3.63) is 29.3 Å². The van der Waals surface area contributed by atoms with Crippen LogP contribution in [0.15, 0.2) is 24.3 Å². The fourth-order valence-corrected chi connectivity index (χ4v) is 2.33. The van der Waals surface area contributed by atoms with Crippen molar-refractivity contribution in [1.82, 2.24) is 4.90 Å². The SMILES string of the molecule is CC1COC(CCl)CN1C(=O)COc1ccc(Cl)cc1. The maximum Gasteiger partial charge on any atom is 0.260 e. The van der Waals surface area contributed by atoms with Gasteiger partial charge in [0.05, 0.1) is 24.6 Å². The molecule has 110 valence electrons. The van der Waals surface area contributed by atoms with E-state index in [1.165, 1.54) is 0 Å². The van der Waals surface area contributed by atoms with Crippen molar-refractivity contribution >= 4 is 29.1 Å². The molecule has 1 aliphatic heterocycles. The van der Waals surface area contributed by atoms with E-state index in [9.17, 15) is 4.79 Å². The number of hydrogen-bond donors (Lipinski definition) is 0. The van der Waals surface area contributed by atoms with Gasteiger partial charge in [-0.1, -0.05) is 11.6 Å². The van der Waals surface area contributed by atoms with Crippen LogP contribution in [0.1, 0.15) is 6.92 Å². The van der Waals surface area contributed by atoms with Gasteiger partial charge in [0.15, 0.2) is 6.61 Å². The minimum absolute atomic E-state index is 0.000970. The predicted octanol–water partition coefficient (Wildman–Crippen LogP) is 2.57. The largest absolute Gasteiger partial charge is 0.484 e.